The number of nitrogens with one attached hydrogen (secondary N) is 1. The van der Waals surface area contributed by atoms with E-state index in [-0.39, 0.29) is 31.1 Å². The number of hydrogen-bond donors (Lipinski definition) is 2. The molecule has 1 aliphatic carbocycles. The minimum Gasteiger partial charge on any atom is -0.484 e. The van der Waals surface area contributed by atoms with E-state index in [2.05, 4.69) is 5.32 Å². The van der Waals surface area contributed by atoms with Crippen molar-refractivity contribution in [2.24, 2.45) is 5.92 Å². The monoisotopic (exact) mass is 263 g/mol. The van der Waals surface area contributed by atoms with E-state index < -0.39 is 0 Å². The molecular weight excluding hydrogens is 242 g/mol. The van der Waals surface area contributed by atoms with Crippen LogP contribution in [-0.4, -0.2) is 30.3 Å². The zero-order chi connectivity index (χ0) is 13.7. The fourth-order valence-corrected chi connectivity index (χ4v) is 2.48. The zero-order valence-corrected chi connectivity index (χ0v) is 11.3. The van der Waals surface area contributed by atoms with E-state index in [1.54, 1.807) is 0 Å². The van der Waals surface area contributed by atoms with Crippen LogP contribution in [0.5, 0.6) is 5.75 Å². The van der Waals surface area contributed by atoms with Crippen LogP contribution in [0.3, 0.4) is 0 Å². The van der Waals surface area contributed by atoms with Gasteiger partial charge >= 0.3 is 0 Å². The van der Waals surface area contributed by atoms with E-state index in [1.807, 2.05) is 31.2 Å². The Morgan fingerprint density at radius 3 is 2.79 bits per heavy atom. The van der Waals surface area contributed by atoms with E-state index >= 15 is 0 Å². The molecule has 2 unspecified atom stereocenters. The summed E-state index contributed by atoms with van der Waals surface area (Å²) in [5.74, 6) is 0.778. The van der Waals surface area contributed by atoms with Gasteiger partial charge in [0.2, 0.25) is 0 Å². The van der Waals surface area contributed by atoms with Gasteiger partial charge in [-0.2, -0.15) is 0 Å². The Hall–Kier alpha value is -1.55. The Morgan fingerprint density at radius 2 is 2.11 bits per heavy atom. The number of rotatable bonds is 5. The fraction of sp³-hybridized carbons (Fsp3) is 0.533. The van der Waals surface area contributed by atoms with Gasteiger partial charge in [-0.05, 0) is 31.9 Å². The topological polar surface area (TPSA) is 58.6 Å². The third-order valence-corrected chi connectivity index (χ3v) is 3.63. The second-order valence-electron chi connectivity index (χ2n) is 5.15. The van der Waals surface area contributed by atoms with Gasteiger partial charge in [0, 0.05) is 18.6 Å². The van der Waals surface area contributed by atoms with E-state index in [1.165, 1.54) is 0 Å². The summed E-state index contributed by atoms with van der Waals surface area (Å²) < 4.78 is 5.43. The maximum Gasteiger partial charge on any atom is 0.258 e. The van der Waals surface area contributed by atoms with Crippen LogP contribution in [0.4, 0.5) is 0 Å². The van der Waals surface area contributed by atoms with E-state index in [0.717, 1.165) is 24.8 Å². The molecule has 104 valence electrons. The Balaban J connectivity index is 1.77. The second kappa shape index (κ2) is 6.57. The summed E-state index contributed by atoms with van der Waals surface area (Å²) in [6.07, 6.45) is 3.00. The number of carbonyl (C=O) groups is 1. The molecular formula is C15H21NO3. The van der Waals surface area contributed by atoms with Crippen molar-refractivity contribution >= 4 is 5.91 Å². The van der Waals surface area contributed by atoms with Gasteiger partial charge in [0.25, 0.3) is 5.91 Å². The highest BCUT2D eigenvalue weighted by Gasteiger charge is 2.27. The van der Waals surface area contributed by atoms with Gasteiger partial charge in [0.15, 0.2) is 6.61 Å². The zero-order valence-electron chi connectivity index (χ0n) is 11.3. The first-order valence-electron chi connectivity index (χ1n) is 6.78. The standard InChI is InChI=1S/C15H21NO3/c1-11-5-7-13(8-6-11)19-10-15(18)16-14-4-2-3-12(14)9-17/h5-8,12,14,17H,2-4,9-10H2,1H3,(H,16,18). The quantitative estimate of drug-likeness (QED) is 0.849. The van der Waals surface area contributed by atoms with Gasteiger partial charge in [0.1, 0.15) is 5.75 Å². The number of amides is 1. The van der Waals surface area contributed by atoms with Gasteiger partial charge in [0.05, 0.1) is 0 Å². The van der Waals surface area contributed by atoms with Crippen LogP contribution in [0.15, 0.2) is 24.3 Å². The van der Waals surface area contributed by atoms with Crippen molar-refractivity contribution in [3.63, 3.8) is 0 Å². The number of ether oxygens (including phenoxy) is 1. The van der Waals surface area contributed by atoms with Crippen molar-refractivity contribution in [2.75, 3.05) is 13.2 Å². The summed E-state index contributed by atoms with van der Waals surface area (Å²) in [6, 6.07) is 7.71. The lowest BCUT2D eigenvalue weighted by molar-refractivity contribution is -0.124. The van der Waals surface area contributed by atoms with Crippen LogP contribution < -0.4 is 10.1 Å². The van der Waals surface area contributed by atoms with Crippen molar-refractivity contribution < 1.29 is 14.6 Å². The lowest BCUT2D eigenvalue weighted by Gasteiger charge is -2.19. The molecule has 1 aromatic carbocycles. The summed E-state index contributed by atoms with van der Waals surface area (Å²) in [7, 11) is 0. The highest BCUT2D eigenvalue weighted by molar-refractivity contribution is 5.77. The van der Waals surface area contributed by atoms with Crippen LogP contribution in [0, 0.1) is 12.8 Å². The van der Waals surface area contributed by atoms with Crippen molar-refractivity contribution in [3.05, 3.63) is 29.8 Å². The molecule has 2 rings (SSSR count). The van der Waals surface area contributed by atoms with Crippen molar-refractivity contribution in [2.45, 2.75) is 32.2 Å². The molecule has 4 heteroatoms. The van der Waals surface area contributed by atoms with Crippen LogP contribution in [-0.2, 0) is 4.79 Å². The molecule has 4 nitrogen and oxygen atoms in total. The molecule has 0 bridgehead atoms. The average Bonchev–Trinajstić information content (AvgIpc) is 2.85. The molecule has 1 aliphatic rings. The molecule has 0 heterocycles. The largest absolute Gasteiger partial charge is 0.484 e. The molecule has 0 saturated heterocycles. The van der Waals surface area contributed by atoms with Gasteiger partial charge in [-0.25, -0.2) is 0 Å². The lowest BCUT2D eigenvalue weighted by atomic mass is 10.1. The minimum absolute atomic E-state index is 0.0255. The van der Waals surface area contributed by atoms with Crippen LogP contribution in [0.1, 0.15) is 24.8 Å². The molecule has 1 saturated carbocycles. The number of aliphatic hydroxyl groups is 1. The Labute approximate surface area is 113 Å². The Bertz CT molecular complexity index is 416. The smallest absolute Gasteiger partial charge is 0.258 e. The SMILES string of the molecule is Cc1ccc(OCC(=O)NC2CCCC2CO)cc1. The summed E-state index contributed by atoms with van der Waals surface area (Å²) >= 11 is 0. The normalized spacial score (nSPS) is 22.2. The van der Waals surface area contributed by atoms with Gasteiger partial charge in [-0.3, -0.25) is 4.79 Å². The maximum absolute atomic E-state index is 11.8. The number of benzene rings is 1. The average molecular weight is 263 g/mol. The van der Waals surface area contributed by atoms with Crippen molar-refractivity contribution in [3.8, 4) is 5.75 Å². The van der Waals surface area contributed by atoms with Gasteiger partial charge in [-0.15, -0.1) is 0 Å². The summed E-state index contributed by atoms with van der Waals surface area (Å²) in [6.45, 7) is 2.17. The molecule has 0 spiro atoms. The number of hydrogen-bond acceptors (Lipinski definition) is 3. The minimum atomic E-state index is -0.120. The summed E-state index contributed by atoms with van der Waals surface area (Å²) in [5, 5.41) is 12.1. The van der Waals surface area contributed by atoms with E-state index in [0.29, 0.717) is 5.75 Å². The Morgan fingerprint density at radius 1 is 1.37 bits per heavy atom. The Kier molecular flexibility index (Phi) is 4.80. The maximum atomic E-state index is 11.8. The molecule has 1 amide bonds. The first kappa shape index (κ1) is 13.9. The molecule has 2 atom stereocenters. The molecule has 2 N–H and O–H groups in total. The lowest BCUT2D eigenvalue weighted by Crippen LogP contribution is -2.40. The molecule has 19 heavy (non-hydrogen) atoms. The number of aryl methyl sites for hydroxylation is 1. The molecule has 1 fully saturated rings. The first-order valence-corrected chi connectivity index (χ1v) is 6.78. The summed E-state index contributed by atoms with van der Waals surface area (Å²) in [4.78, 5) is 11.8. The first-order chi connectivity index (χ1) is 9.19. The van der Waals surface area contributed by atoms with Gasteiger partial charge < -0.3 is 15.2 Å². The molecule has 0 aliphatic heterocycles. The third kappa shape index (κ3) is 3.96. The predicted molar refractivity (Wildman–Crippen MR) is 73.0 cm³/mol. The molecule has 0 aromatic heterocycles. The van der Waals surface area contributed by atoms with Crippen LogP contribution >= 0.6 is 0 Å². The van der Waals surface area contributed by atoms with Crippen LogP contribution in [0.2, 0.25) is 0 Å². The van der Waals surface area contributed by atoms with E-state index in [4.69, 9.17) is 4.74 Å². The highest BCUT2D eigenvalue weighted by Crippen LogP contribution is 2.24. The third-order valence-electron chi connectivity index (χ3n) is 3.63. The molecule has 0 radical (unpaired) electrons. The van der Waals surface area contributed by atoms with Crippen LogP contribution in [0.25, 0.3) is 0 Å². The summed E-state index contributed by atoms with van der Waals surface area (Å²) in [5.41, 5.74) is 1.16. The fourth-order valence-electron chi connectivity index (χ4n) is 2.48. The highest BCUT2D eigenvalue weighted by atomic mass is 16.5. The predicted octanol–water partition coefficient (Wildman–Crippen LogP) is 1.65. The van der Waals surface area contributed by atoms with Gasteiger partial charge in [-0.1, -0.05) is 24.1 Å². The number of aliphatic hydroxyl groups excluding tert-OH is 1. The van der Waals surface area contributed by atoms with Crippen molar-refractivity contribution in [1.82, 2.24) is 5.32 Å². The second-order valence-corrected chi connectivity index (χ2v) is 5.15. The van der Waals surface area contributed by atoms with Crippen molar-refractivity contribution in [1.29, 1.82) is 0 Å². The van der Waals surface area contributed by atoms with E-state index in [9.17, 15) is 9.90 Å². The number of carbonyl (C=O) groups excluding carboxylic acids is 1. The molecule has 1 aromatic rings.